The first-order valence-electron chi connectivity index (χ1n) is 9.76. The van der Waals surface area contributed by atoms with E-state index in [0.717, 1.165) is 19.3 Å². The minimum absolute atomic E-state index is 0.0705. The summed E-state index contributed by atoms with van der Waals surface area (Å²) in [6.45, 7) is 3.76. The van der Waals surface area contributed by atoms with E-state index < -0.39 is 12.0 Å². The van der Waals surface area contributed by atoms with Gasteiger partial charge in [0.25, 0.3) is 0 Å². The van der Waals surface area contributed by atoms with Crippen molar-refractivity contribution in [2.45, 2.75) is 76.8 Å². The Balaban J connectivity index is 1.86. The van der Waals surface area contributed by atoms with Crippen LogP contribution < -0.4 is 10.6 Å². The number of aryl methyl sites for hydroxylation is 1. The molecule has 2 amide bonds. The third-order valence-electron chi connectivity index (χ3n) is 4.90. The molecule has 3 N–H and O–H groups in total. The van der Waals surface area contributed by atoms with E-state index in [-0.39, 0.29) is 36.6 Å². The third kappa shape index (κ3) is 6.70. The van der Waals surface area contributed by atoms with Crippen molar-refractivity contribution in [3.05, 3.63) is 35.4 Å². The van der Waals surface area contributed by atoms with E-state index >= 15 is 0 Å². The van der Waals surface area contributed by atoms with Crippen molar-refractivity contribution >= 4 is 17.8 Å². The first-order chi connectivity index (χ1) is 12.9. The molecule has 1 aromatic rings. The fourth-order valence-corrected chi connectivity index (χ4v) is 3.68. The highest BCUT2D eigenvalue weighted by molar-refractivity contribution is 5.84. The molecule has 27 heavy (non-hydrogen) atoms. The number of aliphatic carboxylic acids is 1. The normalized spacial score (nSPS) is 17.1. The van der Waals surface area contributed by atoms with Gasteiger partial charge in [-0.25, -0.2) is 4.79 Å². The van der Waals surface area contributed by atoms with Crippen LogP contribution in [0.4, 0.5) is 0 Å². The fraction of sp³-hybridized carbons (Fsp3) is 0.571. The third-order valence-corrected chi connectivity index (χ3v) is 4.90. The molecule has 1 aromatic carbocycles. The molecule has 0 fully saturated rings. The summed E-state index contributed by atoms with van der Waals surface area (Å²) in [6, 6.07) is 7.31. The molecule has 0 saturated carbocycles. The van der Waals surface area contributed by atoms with Crippen molar-refractivity contribution in [3.8, 4) is 0 Å². The SMILES string of the molecule is CC(C)NC(=O)CCCC(=O)NC(CC1CCCc2ccccc21)C(=O)O. The first kappa shape index (κ1) is 20.9. The molecule has 0 aromatic heterocycles. The van der Waals surface area contributed by atoms with Crippen molar-refractivity contribution in [1.29, 1.82) is 0 Å². The van der Waals surface area contributed by atoms with Gasteiger partial charge in [-0.15, -0.1) is 0 Å². The topological polar surface area (TPSA) is 95.5 Å². The predicted molar refractivity (Wildman–Crippen MR) is 103 cm³/mol. The molecule has 148 valence electrons. The van der Waals surface area contributed by atoms with Crippen LogP contribution in [-0.4, -0.2) is 35.0 Å². The van der Waals surface area contributed by atoms with Crippen LogP contribution in [0.2, 0.25) is 0 Å². The van der Waals surface area contributed by atoms with Gasteiger partial charge in [0.05, 0.1) is 0 Å². The monoisotopic (exact) mass is 374 g/mol. The Hall–Kier alpha value is -2.37. The van der Waals surface area contributed by atoms with E-state index in [0.29, 0.717) is 12.8 Å². The maximum absolute atomic E-state index is 12.1. The first-order valence-corrected chi connectivity index (χ1v) is 9.76. The highest BCUT2D eigenvalue weighted by Gasteiger charge is 2.28. The average Bonchev–Trinajstić information content (AvgIpc) is 2.60. The Morgan fingerprint density at radius 3 is 2.44 bits per heavy atom. The largest absolute Gasteiger partial charge is 0.480 e. The molecule has 1 aliphatic carbocycles. The van der Waals surface area contributed by atoms with Crippen LogP contribution in [0.3, 0.4) is 0 Å². The number of hydrogen-bond acceptors (Lipinski definition) is 3. The van der Waals surface area contributed by atoms with Crippen LogP contribution >= 0.6 is 0 Å². The van der Waals surface area contributed by atoms with Crippen LogP contribution in [0.5, 0.6) is 0 Å². The van der Waals surface area contributed by atoms with Crippen molar-refractivity contribution in [2.24, 2.45) is 0 Å². The van der Waals surface area contributed by atoms with Crippen LogP contribution in [0.25, 0.3) is 0 Å². The molecule has 0 aliphatic heterocycles. The Morgan fingerprint density at radius 1 is 1.11 bits per heavy atom. The summed E-state index contributed by atoms with van der Waals surface area (Å²) in [4.78, 5) is 35.4. The van der Waals surface area contributed by atoms with Gasteiger partial charge in [-0.1, -0.05) is 24.3 Å². The summed E-state index contributed by atoms with van der Waals surface area (Å²) in [6.07, 6.45) is 4.21. The van der Waals surface area contributed by atoms with Gasteiger partial charge < -0.3 is 15.7 Å². The zero-order chi connectivity index (χ0) is 19.8. The zero-order valence-electron chi connectivity index (χ0n) is 16.2. The van der Waals surface area contributed by atoms with E-state index in [1.807, 2.05) is 26.0 Å². The summed E-state index contributed by atoms with van der Waals surface area (Å²) in [5.41, 5.74) is 2.48. The maximum Gasteiger partial charge on any atom is 0.326 e. The van der Waals surface area contributed by atoms with Gasteiger partial charge in [-0.05, 0) is 63.0 Å². The zero-order valence-corrected chi connectivity index (χ0v) is 16.2. The number of carboxylic acid groups (broad SMARTS) is 1. The average molecular weight is 374 g/mol. The Kier molecular flexibility index (Phi) is 7.82. The minimum Gasteiger partial charge on any atom is -0.480 e. The summed E-state index contributed by atoms with van der Waals surface area (Å²) in [7, 11) is 0. The van der Waals surface area contributed by atoms with Gasteiger partial charge in [0.15, 0.2) is 0 Å². The second-order valence-electron chi connectivity index (χ2n) is 7.56. The molecule has 0 heterocycles. The number of amides is 2. The second-order valence-corrected chi connectivity index (χ2v) is 7.56. The lowest BCUT2D eigenvalue weighted by Gasteiger charge is -2.28. The van der Waals surface area contributed by atoms with Gasteiger partial charge in [0.2, 0.25) is 11.8 Å². The molecule has 1 aliphatic rings. The Bertz CT molecular complexity index is 672. The lowest BCUT2D eigenvalue weighted by molar-refractivity contribution is -0.142. The van der Waals surface area contributed by atoms with Gasteiger partial charge >= 0.3 is 5.97 Å². The van der Waals surface area contributed by atoms with Crippen LogP contribution in [0.15, 0.2) is 24.3 Å². The Labute approximate surface area is 160 Å². The van der Waals surface area contributed by atoms with Gasteiger partial charge in [0.1, 0.15) is 6.04 Å². The second kappa shape index (κ2) is 10.1. The number of carbonyl (C=O) groups is 3. The lowest BCUT2D eigenvalue weighted by atomic mass is 9.79. The molecule has 0 radical (unpaired) electrons. The maximum atomic E-state index is 12.1. The summed E-state index contributed by atoms with van der Waals surface area (Å²) < 4.78 is 0. The highest BCUT2D eigenvalue weighted by atomic mass is 16.4. The van der Waals surface area contributed by atoms with E-state index in [1.54, 1.807) is 0 Å². The number of nitrogens with one attached hydrogen (secondary N) is 2. The van der Waals surface area contributed by atoms with Crippen molar-refractivity contribution < 1.29 is 19.5 Å². The van der Waals surface area contributed by atoms with Crippen LogP contribution in [0.1, 0.15) is 69.4 Å². The van der Waals surface area contributed by atoms with Crippen LogP contribution in [0, 0.1) is 0 Å². The van der Waals surface area contributed by atoms with Crippen LogP contribution in [-0.2, 0) is 20.8 Å². The summed E-state index contributed by atoms with van der Waals surface area (Å²) in [5, 5.41) is 14.9. The number of carboxylic acids is 1. The van der Waals surface area contributed by atoms with E-state index in [2.05, 4.69) is 22.8 Å². The number of rotatable bonds is 9. The standard InChI is InChI=1S/C21H30N2O4/c1-14(2)22-19(24)11-6-12-20(25)23-18(21(26)27)13-16-9-5-8-15-7-3-4-10-17(15)16/h3-4,7,10,14,16,18H,5-6,8-9,11-13H2,1-2H3,(H,22,24)(H,23,25)(H,26,27). The molecule has 0 saturated heterocycles. The van der Waals surface area contributed by atoms with E-state index in [4.69, 9.17) is 0 Å². The van der Waals surface area contributed by atoms with Crippen molar-refractivity contribution in [1.82, 2.24) is 10.6 Å². The molecule has 2 atom stereocenters. The molecule has 6 nitrogen and oxygen atoms in total. The number of carbonyl (C=O) groups excluding carboxylic acids is 2. The predicted octanol–water partition coefficient (Wildman–Crippen LogP) is 2.76. The van der Waals surface area contributed by atoms with E-state index in [9.17, 15) is 19.5 Å². The van der Waals surface area contributed by atoms with Gasteiger partial charge in [-0.2, -0.15) is 0 Å². The molecule has 2 unspecified atom stereocenters. The number of hydrogen-bond donors (Lipinski definition) is 3. The Morgan fingerprint density at radius 2 is 1.78 bits per heavy atom. The number of fused-ring (bicyclic) bond motifs is 1. The summed E-state index contributed by atoms with van der Waals surface area (Å²) >= 11 is 0. The van der Waals surface area contributed by atoms with E-state index in [1.165, 1.54) is 11.1 Å². The highest BCUT2D eigenvalue weighted by Crippen LogP contribution is 2.34. The number of benzene rings is 1. The van der Waals surface area contributed by atoms with Crippen molar-refractivity contribution in [3.63, 3.8) is 0 Å². The molecule has 2 rings (SSSR count). The molecule has 6 heteroatoms. The van der Waals surface area contributed by atoms with Gasteiger partial charge in [-0.3, -0.25) is 9.59 Å². The quantitative estimate of drug-likeness (QED) is 0.619. The molecular formula is C21H30N2O4. The fourth-order valence-electron chi connectivity index (χ4n) is 3.68. The molecule has 0 spiro atoms. The summed E-state index contributed by atoms with van der Waals surface area (Å²) in [5.74, 6) is -1.27. The minimum atomic E-state index is -1.01. The lowest BCUT2D eigenvalue weighted by Crippen LogP contribution is -2.42. The molecular weight excluding hydrogens is 344 g/mol. The smallest absolute Gasteiger partial charge is 0.326 e. The van der Waals surface area contributed by atoms with Crippen molar-refractivity contribution in [2.75, 3.05) is 0 Å². The van der Waals surface area contributed by atoms with Gasteiger partial charge in [0, 0.05) is 18.9 Å². The molecule has 0 bridgehead atoms.